The van der Waals surface area contributed by atoms with Gasteiger partial charge in [-0.2, -0.15) is 13.2 Å². The lowest BCUT2D eigenvalue weighted by molar-refractivity contribution is -0.137. The van der Waals surface area contributed by atoms with Crippen LogP contribution in [0.4, 0.5) is 17.6 Å². The SMILES string of the molecule is CNCc1ccc(F)c(-c2ccc(C(F)(F)F)cc2C)c1. The summed E-state index contributed by atoms with van der Waals surface area (Å²) >= 11 is 0. The fraction of sp³-hybridized carbons (Fsp3) is 0.250. The molecule has 0 saturated carbocycles. The number of benzene rings is 2. The van der Waals surface area contributed by atoms with Gasteiger partial charge in [0, 0.05) is 12.1 Å². The highest BCUT2D eigenvalue weighted by Gasteiger charge is 2.30. The van der Waals surface area contributed by atoms with Crippen LogP contribution in [0.3, 0.4) is 0 Å². The predicted octanol–water partition coefficient (Wildman–Crippen LogP) is 4.54. The highest BCUT2D eigenvalue weighted by atomic mass is 19.4. The van der Waals surface area contributed by atoms with Gasteiger partial charge in [-0.05, 0) is 54.9 Å². The van der Waals surface area contributed by atoms with E-state index in [0.29, 0.717) is 23.2 Å². The van der Waals surface area contributed by atoms with E-state index in [-0.39, 0.29) is 0 Å². The van der Waals surface area contributed by atoms with Crippen LogP contribution in [0.15, 0.2) is 36.4 Å². The fourth-order valence-electron chi connectivity index (χ4n) is 2.24. The number of alkyl halides is 3. The van der Waals surface area contributed by atoms with Crippen LogP contribution >= 0.6 is 0 Å². The van der Waals surface area contributed by atoms with Gasteiger partial charge in [0.25, 0.3) is 0 Å². The first kappa shape index (κ1) is 15.5. The van der Waals surface area contributed by atoms with Gasteiger partial charge >= 0.3 is 6.18 Å². The first-order valence-corrected chi connectivity index (χ1v) is 6.44. The molecule has 1 nitrogen and oxygen atoms in total. The molecule has 0 aliphatic rings. The zero-order valence-electron chi connectivity index (χ0n) is 11.7. The van der Waals surface area contributed by atoms with Crippen molar-refractivity contribution in [1.82, 2.24) is 5.32 Å². The van der Waals surface area contributed by atoms with Crippen molar-refractivity contribution in [2.24, 2.45) is 0 Å². The normalized spacial score (nSPS) is 11.7. The molecule has 21 heavy (non-hydrogen) atoms. The van der Waals surface area contributed by atoms with E-state index >= 15 is 0 Å². The molecule has 2 aromatic carbocycles. The van der Waals surface area contributed by atoms with Gasteiger partial charge in [-0.1, -0.05) is 12.1 Å². The molecule has 0 saturated heterocycles. The summed E-state index contributed by atoms with van der Waals surface area (Å²) in [6.07, 6.45) is -4.39. The predicted molar refractivity (Wildman–Crippen MR) is 74.3 cm³/mol. The Kier molecular flexibility index (Phi) is 4.32. The lowest BCUT2D eigenvalue weighted by Gasteiger charge is -2.13. The Morgan fingerprint density at radius 2 is 1.71 bits per heavy atom. The second kappa shape index (κ2) is 5.85. The molecular formula is C16H15F4N. The molecule has 2 rings (SSSR count). The van der Waals surface area contributed by atoms with Gasteiger partial charge in [0.05, 0.1) is 5.56 Å². The summed E-state index contributed by atoms with van der Waals surface area (Å²) in [5, 5.41) is 2.95. The standard InChI is InChI=1S/C16H15F4N/c1-10-7-12(16(18,19)20)4-5-13(10)14-8-11(9-21-2)3-6-15(14)17/h3-8,21H,9H2,1-2H3. The fourth-order valence-corrected chi connectivity index (χ4v) is 2.24. The van der Waals surface area contributed by atoms with Crippen molar-refractivity contribution in [1.29, 1.82) is 0 Å². The maximum Gasteiger partial charge on any atom is 0.416 e. The molecule has 0 unspecified atom stereocenters. The molecule has 0 bridgehead atoms. The van der Waals surface area contributed by atoms with E-state index in [1.807, 2.05) is 0 Å². The van der Waals surface area contributed by atoms with Gasteiger partial charge in [0.2, 0.25) is 0 Å². The Balaban J connectivity index is 2.49. The number of rotatable bonds is 3. The molecule has 1 N–H and O–H groups in total. The highest BCUT2D eigenvalue weighted by Crippen LogP contribution is 2.34. The van der Waals surface area contributed by atoms with Crippen LogP contribution in [0.1, 0.15) is 16.7 Å². The van der Waals surface area contributed by atoms with Crippen molar-refractivity contribution in [3.63, 3.8) is 0 Å². The largest absolute Gasteiger partial charge is 0.416 e. The molecule has 0 aliphatic heterocycles. The van der Waals surface area contributed by atoms with Crippen molar-refractivity contribution in [3.8, 4) is 11.1 Å². The summed E-state index contributed by atoms with van der Waals surface area (Å²) in [6.45, 7) is 2.11. The zero-order valence-corrected chi connectivity index (χ0v) is 11.7. The number of hydrogen-bond acceptors (Lipinski definition) is 1. The molecule has 0 fully saturated rings. The first-order valence-electron chi connectivity index (χ1n) is 6.44. The van der Waals surface area contributed by atoms with E-state index in [9.17, 15) is 17.6 Å². The lowest BCUT2D eigenvalue weighted by Crippen LogP contribution is -2.06. The van der Waals surface area contributed by atoms with Gasteiger partial charge < -0.3 is 5.32 Å². The first-order chi connectivity index (χ1) is 9.82. The summed E-state index contributed by atoms with van der Waals surface area (Å²) in [7, 11) is 1.77. The minimum absolute atomic E-state index is 0.314. The van der Waals surface area contributed by atoms with Crippen molar-refractivity contribution in [2.45, 2.75) is 19.6 Å². The smallest absolute Gasteiger partial charge is 0.316 e. The number of halogens is 4. The van der Waals surface area contributed by atoms with E-state index in [0.717, 1.165) is 17.7 Å². The number of aryl methyl sites for hydroxylation is 1. The van der Waals surface area contributed by atoms with Crippen LogP contribution in [0.5, 0.6) is 0 Å². The zero-order chi connectivity index (χ0) is 15.6. The van der Waals surface area contributed by atoms with Crippen LogP contribution in [0, 0.1) is 12.7 Å². The van der Waals surface area contributed by atoms with Crippen LogP contribution in [0.2, 0.25) is 0 Å². The second-order valence-corrected chi connectivity index (χ2v) is 4.87. The van der Waals surface area contributed by atoms with Gasteiger partial charge in [0.15, 0.2) is 0 Å². The molecular weight excluding hydrogens is 282 g/mol. The van der Waals surface area contributed by atoms with Gasteiger partial charge in [-0.3, -0.25) is 0 Å². The Labute approximate surface area is 120 Å². The summed E-state index contributed by atoms with van der Waals surface area (Å²) < 4.78 is 52.0. The highest BCUT2D eigenvalue weighted by molar-refractivity contribution is 5.69. The van der Waals surface area contributed by atoms with E-state index in [4.69, 9.17) is 0 Å². The Bertz CT molecular complexity index is 647. The van der Waals surface area contributed by atoms with Crippen molar-refractivity contribution in [2.75, 3.05) is 7.05 Å². The molecule has 5 heteroatoms. The van der Waals surface area contributed by atoms with Crippen LogP contribution < -0.4 is 5.32 Å². The third-order valence-electron chi connectivity index (χ3n) is 3.26. The van der Waals surface area contributed by atoms with E-state index < -0.39 is 17.6 Å². The molecule has 112 valence electrons. The minimum atomic E-state index is -4.39. The molecule has 0 aromatic heterocycles. The van der Waals surface area contributed by atoms with E-state index in [1.54, 1.807) is 26.1 Å². The Hall–Kier alpha value is -1.88. The van der Waals surface area contributed by atoms with Crippen molar-refractivity contribution >= 4 is 0 Å². The topological polar surface area (TPSA) is 12.0 Å². The third-order valence-corrected chi connectivity index (χ3v) is 3.26. The summed E-state index contributed by atoms with van der Waals surface area (Å²) in [4.78, 5) is 0. The van der Waals surface area contributed by atoms with Crippen molar-refractivity contribution < 1.29 is 17.6 Å². The van der Waals surface area contributed by atoms with Crippen LogP contribution in [-0.2, 0) is 12.7 Å². The maximum atomic E-state index is 14.0. The minimum Gasteiger partial charge on any atom is -0.316 e. The van der Waals surface area contributed by atoms with Gasteiger partial charge in [-0.15, -0.1) is 0 Å². The quantitative estimate of drug-likeness (QED) is 0.820. The van der Waals surface area contributed by atoms with Gasteiger partial charge in [0.1, 0.15) is 5.82 Å². The Morgan fingerprint density at radius 1 is 1.00 bits per heavy atom. The monoisotopic (exact) mass is 297 g/mol. The average molecular weight is 297 g/mol. The van der Waals surface area contributed by atoms with E-state index in [1.165, 1.54) is 12.1 Å². The second-order valence-electron chi connectivity index (χ2n) is 4.87. The van der Waals surface area contributed by atoms with Crippen LogP contribution in [-0.4, -0.2) is 7.05 Å². The van der Waals surface area contributed by atoms with Gasteiger partial charge in [-0.25, -0.2) is 4.39 Å². The van der Waals surface area contributed by atoms with Crippen LogP contribution in [0.25, 0.3) is 11.1 Å². The Morgan fingerprint density at radius 3 is 2.29 bits per heavy atom. The molecule has 0 amide bonds. The molecule has 0 spiro atoms. The summed E-state index contributed by atoms with van der Waals surface area (Å²) in [5.74, 6) is -0.447. The summed E-state index contributed by atoms with van der Waals surface area (Å²) in [6, 6.07) is 7.97. The maximum absolute atomic E-state index is 14.0. The molecule has 0 atom stereocenters. The number of hydrogen-bond donors (Lipinski definition) is 1. The molecule has 0 heterocycles. The van der Waals surface area contributed by atoms with E-state index in [2.05, 4.69) is 5.32 Å². The number of nitrogens with one attached hydrogen (secondary N) is 1. The average Bonchev–Trinajstić information content (AvgIpc) is 2.40. The molecule has 0 radical (unpaired) electrons. The van der Waals surface area contributed by atoms with Crippen molar-refractivity contribution in [3.05, 3.63) is 58.9 Å². The lowest BCUT2D eigenvalue weighted by atomic mass is 9.96. The summed E-state index contributed by atoms with van der Waals surface area (Å²) in [5.41, 5.74) is 1.32. The third kappa shape index (κ3) is 3.42. The molecule has 0 aliphatic carbocycles. The molecule has 2 aromatic rings.